The fraction of sp³-hybridized carbons (Fsp3) is 0.214. The molecule has 0 spiro atoms. The molecule has 19 heavy (non-hydrogen) atoms. The van der Waals surface area contributed by atoms with E-state index in [1.807, 2.05) is 0 Å². The Labute approximate surface area is 109 Å². The molecule has 100 valence electrons. The summed E-state index contributed by atoms with van der Waals surface area (Å²) in [7, 11) is 0. The van der Waals surface area contributed by atoms with Crippen molar-refractivity contribution in [2.75, 3.05) is 6.54 Å². The third kappa shape index (κ3) is 3.66. The van der Waals surface area contributed by atoms with Crippen LogP contribution in [0.5, 0.6) is 0 Å². The summed E-state index contributed by atoms with van der Waals surface area (Å²) in [4.78, 5) is 10.6. The van der Waals surface area contributed by atoms with E-state index in [0.29, 0.717) is 30.8 Å². The van der Waals surface area contributed by atoms with Crippen LogP contribution in [0.15, 0.2) is 40.8 Å². The van der Waals surface area contributed by atoms with Crippen molar-refractivity contribution in [1.82, 2.24) is 5.32 Å². The average Bonchev–Trinajstić information content (AvgIpc) is 2.85. The molecule has 1 heterocycles. The first-order valence-corrected chi connectivity index (χ1v) is 5.93. The van der Waals surface area contributed by atoms with Crippen molar-refractivity contribution in [3.05, 3.63) is 59.3 Å². The lowest BCUT2D eigenvalue weighted by Gasteiger charge is -2.04. The SMILES string of the molecule is O=C(O)c1ccc(CNCCc2ccccc2F)o1. The number of rotatable bonds is 6. The highest BCUT2D eigenvalue weighted by Crippen LogP contribution is 2.08. The number of hydrogen-bond donors (Lipinski definition) is 2. The number of furan rings is 1. The van der Waals surface area contributed by atoms with Gasteiger partial charge in [-0.2, -0.15) is 0 Å². The van der Waals surface area contributed by atoms with Gasteiger partial charge in [-0.15, -0.1) is 0 Å². The second-order valence-electron chi connectivity index (χ2n) is 4.09. The molecule has 0 unspecified atom stereocenters. The molecule has 2 rings (SSSR count). The van der Waals surface area contributed by atoms with E-state index in [4.69, 9.17) is 9.52 Å². The van der Waals surface area contributed by atoms with Crippen LogP contribution in [-0.2, 0) is 13.0 Å². The van der Waals surface area contributed by atoms with Gasteiger partial charge in [-0.1, -0.05) is 18.2 Å². The van der Waals surface area contributed by atoms with Gasteiger partial charge in [0.25, 0.3) is 0 Å². The number of halogens is 1. The summed E-state index contributed by atoms with van der Waals surface area (Å²) in [6.07, 6.45) is 0.569. The lowest BCUT2D eigenvalue weighted by atomic mass is 10.1. The van der Waals surface area contributed by atoms with Crippen molar-refractivity contribution in [1.29, 1.82) is 0 Å². The van der Waals surface area contributed by atoms with Crippen LogP contribution >= 0.6 is 0 Å². The molecule has 0 aliphatic carbocycles. The Morgan fingerprint density at radius 3 is 2.74 bits per heavy atom. The van der Waals surface area contributed by atoms with Crippen LogP contribution in [0.4, 0.5) is 4.39 Å². The van der Waals surface area contributed by atoms with Crippen molar-refractivity contribution in [3.8, 4) is 0 Å². The van der Waals surface area contributed by atoms with E-state index in [1.54, 1.807) is 24.3 Å². The fourth-order valence-electron chi connectivity index (χ4n) is 1.72. The van der Waals surface area contributed by atoms with E-state index < -0.39 is 5.97 Å². The molecule has 0 fully saturated rings. The summed E-state index contributed by atoms with van der Waals surface area (Å²) >= 11 is 0. The van der Waals surface area contributed by atoms with Crippen LogP contribution < -0.4 is 5.32 Å². The van der Waals surface area contributed by atoms with E-state index in [0.717, 1.165) is 0 Å². The maximum absolute atomic E-state index is 13.3. The molecule has 1 aromatic heterocycles. The minimum absolute atomic E-state index is 0.0779. The van der Waals surface area contributed by atoms with Crippen molar-refractivity contribution in [3.63, 3.8) is 0 Å². The fourth-order valence-corrected chi connectivity index (χ4v) is 1.72. The predicted octanol–water partition coefficient (Wildman–Crippen LogP) is 2.45. The highest BCUT2D eigenvalue weighted by atomic mass is 19.1. The van der Waals surface area contributed by atoms with Gasteiger partial charge in [0.2, 0.25) is 5.76 Å². The lowest BCUT2D eigenvalue weighted by Crippen LogP contribution is -2.16. The zero-order chi connectivity index (χ0) is 13.7. The smallest absolute Gasteiger partial charge is 0.371 e. The third-order valence-electron chi connectivity index (χ3n) is 2.70. The second kappa shape index (κ2) is 6.15. The maximum Gasteiger partial charge on any atom is 0.371 e. The topological polar surface area (TPSA) is 62.5 Å². The van der Waals surface area contributed by atoms with E-state index in [2.05, 4.69) is 5.32 Å². The van der Waals surface area contributed by atoms with Crippen LogP contribution in [0.2, 0.25) is 0 Å². The zero-order valence-electron chi connectivity index (χ0n) is 10.2. The molecule has 4 nitrogen and oxygen atoms in total. The summed E-state index contributed by atoms with van der Waals surface area (Å²) in [6.45, 7) is 1.01. The van der Waals surface area contributed by atoms with Gasteiger partial charge >= 0.3 is 5.97 Å². The summed E-state index contributed by atoms with van der Waals surface area (Å²) in [5.74, 6) is -0.829. The molecule has 2 aromatic rings. The van der Waals surface area contributed by atoms with Crippen molar-refractivity contribution in [2.45, 2.75) is 13.0 Å². The van der Waals surface area contributed by atoms with E-state index in [1.165, 1.54) is 12.1 Å². The number of hydrogen-bond acceptors (Lipinski definition) is 3. The molecule has 0 bridgehead atoms. The van der Waals surface area contributed by atoms with Crippen molar-refractivity contribution < 1.29 is 18.7 Å². The Balaban J connectivity index is 1.77. The van der Waals surface area contributed by atoms with Gasteiger partial charge in [0.15, 0.2) is 0 Å². The standard InChI is InChI=1S/C14H14FNO3/c15-12-4-2-1-3-10(12)7-8-16-9-11-5-6-13(19-11)14(17)18/h1-6,16H,7-9H2,(H,17,18). The zero-order valence-corrected chi connectivity index (χ0v) is 10.2. The predicted molar refractivity (Wildman–Crippen MR) is 67.5 cm³/mol. The van der Waals surface area contributed by atoms with Gasteiger partial charge in [0.1, 0.15) is 11.6 Å². The highest BCUT2D eigenvalue weighted by Gasteiger charge is 2.08. The molecule has 0 radical (unpaired) electrons. The molecule has 0 saturated carbocycles. The first kappa shape index (κ1) is 13.3. The van der Waals surface area contributed by atoms with Gasteiger partial charge < -0.3 is 14.8 Å². The van der Waals surface area contributed by atoms with Gasteiger partial charge in [-0.25, -0.2) is 9.18 Å². The van der Waals surface area contributed by atoms with Crippen LogP contribution in [0.3, 0.4) is 0 Å². The molecule has 0 aliphatic heterocycles. The Morgan fingerprint density at radius 1 is 1.26 bits per heavy atom. The van der Waals surface area contributed by atoms with E-state index in [-0.39, 0.29) is 11.6 Å². The molecular formula is C14H14FNO3. The maximum atomic E-state index is 13.3. The van der Waals surface area contributed by atoms with Crippen LogP contribution in [0.25, 0.3) is 0 Å². The molecule has 0 aliphatic rings. The molecule has 0 atom stereocenters. The van der Waals surface area contributed by atoms with Crippen LogP contribution in [-0.4, -0.2) is 17.6 Å². The first-order valence-electron chi connectivity index (χ1n) is 5.93. The summed E-state index contributed by atoms with van der Waals surface area (Å²) < 4.78 is 18.4. The van der Waals surface area contributed by atoms with Gasteiger partial charge in [-0.05, 0) is 36.7 Å². The van der Waals surface area contributed by atoms with E-state index in [9.17, 15) is 9.18 Å². The third-order valence-corrected chi connectivity index (χ3v) is 2.70. The molecule has 5 heteroatoms. The first-order chi connectivity index (χ1) is 9.16. The number of carbonyl (C=O) groups is 1. The normalized spacial score (nSPS) is 10.6. The van der Waals surface area contributed by atoms with Crippen LogP contribution in [0.1, 0.15) is 21.9 Å². The van der Waals surface area contributed by atoms with Crippen molar-refractivity contribution >= 4 is 5.97 Å². The Hall–Kier alpha value is -2.14. The molecular weight excluding hydrogens is 249 g/mol. The Morgan fingerprint density at radius 2 is 2.05 bits per heavy atom. The minimum atomic E-state index is -1.09. The number of carboxylic acid groups (broad SMARTS) is 1. The Kier molecular flexibility index (Phi) is 4.30. The largest absolute Gasteiger partial charge is 0.475 e. The number of aromatic carboxylic acids is 1. The van der Waals surface area contributed by atoms with Crippen molar-refractivity contribution in [2.24, 2.45) is 0 Å². The number of benzene rings is 1. The number of carboxylic acids is 1. The second-order valence-corrected chi connectivity index (χ2v) is 4.09. The molecule has 0 amide bonds. The monoisotopic (exact) mass is 263 g/mol. The minimum Gasteiger partial charge on any atom is -0.475 e. The van der Waals surface area contributed by atoms with Gasteiger partial charge in [0, 0.05) is 0 Å². The van der Waals surface area contributed by atoms with Gasteiger partial charge in [0.05, 0.1) is 6.54 Å². The Bertz CT molecular complexity index is 565. The molecule has 0 saturated heterocycles. The molecule has 2 N–H and O–H groups in total. The average molecular weight is 263 g/mol. The van der Waals surface area contributed by atoms with E-state index >= 15 is 0 Å². The summed E-state index contributed by atoms with van der Waals surface area (Å²) in [5.41, 5.74) is 0.653. The van der Waals surface area contributed by atoms with Crippen LogP contribution in [0, 0.1) is 5.82 Å². The lowest BCUT2D eigenvalue weighted by molar-refractivity contribution is 0.0660. The quantitative estimate of drug-likeness (QED) is 0.786. The number of nitrogens with one attached hydrogen (secondary N) is 1. The van der Waals surface area contributed by atoms with Gasteiger partial charge in [-0.3, -0.25) is 0 Å². The molecule has 1 aromatic carbocycles. The highest BCUT2D eigenvalue weighted by molar-refractivity contribution is 5.84. The summed E-state index contributed by atoms with van der Waals surface area (Å²) in [5, 5.41) is 11.8. The summed E-state index contributed by atoms with van der Waals surface area (Å²) in [6, 6.07) is 9.65.